The Hall–Kier alpha value is -3.32. The van der Waals surface area contributed by atoms with E-state index in [0.29, 0.717) is 16.7 Å². The van der Waals surface area contributed by atoms with Crippen molar-refractivity contribution in [3.05, 3.63) is 65.1 Å². The molecular formula is C20H17ClN2O5. The molecular weight excluding hydrogens is 384 g/mol. The lowest BCUT2D eigenvalue weighted by Gasteiger charge is -2.09. The number of aryl methyl sites for hydroxylation is 1. The van der Waals surface area contributed by atoms with Gasteiger partial charge in [0.1, 0.15) is 5.56 Å². The molecule has 0 fully saturated rings. The number of aromatic nitrogens is 1. The second kappa shape index (κ2) is 8.58. The quantitative estimate of drug-likeness (QED) is 0.478. The van der Waals surface area contributed by atoms with Crippen LogP contribution in [0.15, 0.2) is 53.1 Å². The van der Waals surface area contributed by atoms with Crippen LogP contribution >= 0.6 is 11.6 Å². The third-order valence-corrected chi connectivity index (χ3v) is 4.30. The number of para-hydroxylation sites is 1. The molecule has 1 aromatic heterocycles. The van der Waals surface area contributed by atoms with Crippen molar-refractivity contribution >= 4 is 29.2 Å². The van der Waals surface area contributed by atoms with Crippen molar-refractivity contribution in [1.82, 2.24) is 4.98 Å². The van der Waals surface area contributed by atoms with Crippen molar-refractivity contribution < 1.29 is 23.8 Å². The Kier molecular flexibility index (Phi) is 5.96. The smallest absolute Gasteiger partial charge is 0.341 e. The fourth-order valence-electron chi connectivity index (χ4n) is 2.56. The normalized spacial score (nSPS) is 10.5. The van der Waals surface area contributed by atoms with E-state index in [1.54, 1.807) is 12.3 Å². The lowest BCUT2D eigenvalue weighted by molar-refractivity contribution is -0.116. The maximum Gasteiger partial charge on any atom is 0.341 e. The van der Waals surface area contributed by atoms with E-state index in [-0.39, 0.29) is 35.7 Å². The van der Waals surface area contributed by atoms with Crippen LogP contribution in [0.25, 0.3) is 11.3 Å². The standard InChI is InChI=1S/C20H17ClN2O5/c1-27-20(26)13-6-4-8-15(19(13)25)23-17(24)9-10-18-22-11-16(28-18)12-5-2-3-7-14(12)21/h2-8,11,25H,9-10H2,1H3,(H,23,24). The van der Waals surface area contributed by atoms with Gasteiger partial charge in [-0.2, -0.15) is 0 Å². The molecule has 0 unspecified atom stereocenters. The highest BCUT2D eigenvalue weighted by Gasteiger charge is 2.16. The molecule has 3 rings (SSSR count). The average Bonchev–Trinajstić information content (AvgIpc) is 3.16. The topological polar surface area (TPSA) is 102 Å². The maximum atomic E-state index is 12.2. The van der Waals surface area contributed by atoms with Gasteiger partial charge >= 0.3 is 5.97 Å². The molecule has 0 radical (unpaired) electrons. The highest BCUT2D eigenvalue weighted by atomic mass is 35.5. The van der Waals surface area contributed by atoms with Crippen molar-refractivity contribution in [1.29, 1.82) is 0 Å². The van der Waals surface area contributed by atoms with E-state index in [9.17, 15) is 14.7 Å². The summed E-state index contributed by atoms with van der Waals surface area (Å²) in [5.41, 5.74) is 0.811. The van der Waals surface area contributed by atoms with Crippen LogP contribution in [0.5, 0.6) is 5.75 Å². The number of phenolic OH excluding ortho intramolecular Hbond substituents is 1. The molecule has 2 aromatic carbocycles. The lowest BCUT2D eigenvalue weighted by atomic mass is 10.1. The van der Waals surface area contributed by atoms with Crippen LogP contribution in [0.4, 0.5) is 5.69 Å². The zero-order valence-electron chi connectivity index (χ0n) is 14.9. The number of hydrogen-bond acceptors (Lipinski definition) is 6. The van der Waals surface area contributed by atoms with Crippen molar-refractivity contribution in [2.24, 2.45) is 0 Å². The third kappa shape index (κ3) is 4.32. The predicted molar refractivity (Wildman–Crippen MR) is 103 cm³/mol. The molecule has 2 N–H and O–H groups in total. The number of benzene rings is 2. The zero-order valence-corrected chi connectivity index (χ0v) is 15.7. The van der Waals surface area contributed by atoms with Crippen LogP contribution in [-0.4, -0.2) is 29.1 Å². The minimum absolute atomic E-state index is 0.0302. The van der Waals surface area contributed by atoms with Crippen LogP contribution in [0.1, 0.15) is 22.7 Å². The fraction of sp³-hybridized carbons (Fsp3) is 0.150. The molecule has 7 nitrogen and oxygen atoms in total. The Morgan fingerprint density at radius 1 is 1.21 bits per heavy atom. The Morgan fingerprint density at radius 2 is 2.00 bits per heavy atom. The SMILES string of the molecule is COC(=O)c1cccc(NC(=O)CCc2ncc(-c3ccccc3Cl)o2)c1O. The zero-order chi connectivity index (χ0) is 20.1. The number of methoxy groups -OCH3 is 1. The Morgan fingerprint density at radius 3 is 2.75 bits per heavy atom. The predicted octanol–water partition coefficient (Wildman–Crippen LogP) is 4.06. The van der Waals surface area contributed by atoms with Gasteiger partial charge in [0.15, 0.2) is 17.4 Å². The van der Waals surface area contributed by atoms with E-state index in [0.717, 1.165) is 5.56 Å². The summed E-state index contributed by atoms with van der Waals surface area (Å²) in [6.07, 6.45) is 1.89. The molecule has 8 heteroatoms. The number of halogens is 1. The number of ether oxygens (including phenoxy) is 1. The van der Waals surface area contributed by atoms with Crippen molar-refractivity contribution in [2.75, 3.05) is 12.4 Å². The number of aromatic hydroxyl groups is 1. The first-order valence-electron chi connectivity index (χ1n) is 8.39. The first kappa shape index (κ1) is 19.4. The molecule has 0 atom stereocenters. The van der Waals surface area contributed by atoms with Crippen molar-refractivity contribution in [2.45, 2.75) is 12.8 Å². The molecule has 0 aliphatic rings. The fourth-order valence-corrected chi connectivity index (χ4v) is 2.79. The molecule has 3 aromatic rings. The number of amides is 1. The lowest BCUT2D eigenvalue weighted by Crippen LogP contribution is -2.13. The largest absolute Gasteiger partial charge is 0.505 e. The molecule has 0 spiro atoms. The number of anilines is 1. The average molecular weight is 401 g/mol. The molecule has 0 saturated heterocycles. The van der Waals surface area contributed by atoms with E-state index >= 15 is 0 Å². The van der Waals surface area contributed by atoms with Gasteiger partial charge in [-0.15, -0.1) is 0 Å². The Bertz CT molecular complexity index is 1020. The Balaban J connectivity index is 1.63. The van der Waals surface area contributed by atoms with E-state index in [1.807, 2.05) is 18.2 Å². The summed E-state index contributed by atoms with van der Waals surface area (Å²) in [4.78, 5) is 28.0. The summed E-state index contributed by atoms with van der Waals surface area (Å²) < 4.78 is 10.2. The van der Waals surface area contributed by atoms with Gasteiger partial charge < -0.3 is 19.6 Å². The minimum atomic E-state index is -0.694. The number of hydrogen-bond donors (Lipinski definition) is 2. The first-order valence-corrected chi connectivity index (χ1v) is 8.77. The molecule has 0 aliphatic carbocycles. The van der Waals surface area contributed by atoms with E-state index in [2.05, 4.69) is 15.0 Å². The van der Waals surface area contributed by atoms with Crippen LogP contribution in [-0.2, 0) is 16.0 Å². The van der Waals surface area contributed by atoms with Gasteiger partial charge in [0, 0.05) is 18.4 Å². The highest BCUT2D eigenvalue weighted by Crippen LogP contribution is 2.29. The molecule has 1 heterocycles. The summed E-state index contributed by atoms with van der Waals surface area (Å²) >= 11 is 6.14. The molecule has 144 valence electrons. The summed E-state index contributed by atoms with van der Waals surface area (Å²) in [5.74, 6) is -0.503. The van der Waals surface area contributed by atoms with E-state index in [4.69, 9.17) is 16.0 Å². The van der Waals surface area contributed by atoms with E-state index < -0.39 is 5.97 Å². The second-order valence-corrected chi connectivity index (χ2v) is 6.25. The summed E-state index contributed by atoms with van der Waals surface area (Å²) in [5, 5.41) is 13.2. The highest BCUT2D eigenvalue weighted by molar-refractivity contribution is 6.33. The maximum absolute atomic E-state index is 12.2. The number of carbonyl (C=O) groups is 2. The van der Waals surface area contributed by atoms with Crippen molar-refractivity contribution in [3.63, 3.8) is 0 Å². The van der Waals surface area contributed by atoms with Gasteiger partial charge in [0.25, 0.3) is 0 Å². The second-order valence-electron chi connectivity index (χ2n) is 5.84. The van der Waals surface area contributed by atoms with Gasteiger partial charge in [-0.1, -0.05) is 29.8 Å². The first-order chi connectivity index (χ1) is 13.5. The monoisotopic (exact) mass is 400 g/mol. The Labute approximate surface area is 165 Å². The van der Waals surface area contributed by atoms with E-state index in [1.165, 1.54) is 25.3 Å². The number of rotatable bonds is 6. The number of oxazole rings is 1. The molecule has 1 amide bonds. The van der Waals surface area contributed by atoms with Crippen molar-refractivity contribution in [3.8, 4) is 17.1 Å². The van der Waals surface area contributed by atoms with Crippen LogP contribution < -0.4 is 5.32 Å². The van der Waals surface area contributed by atoms with Gasteiger partial charge in [0.05, 0.1) is 24.0 Å². The van der Waals surface area contributed by atoms with Gasteiger partial charge in [-0.05, 0) is 24.3 Å². The number of esters is 1. The summed E-state index contributed by atoms with van der Waals surface area (Å²) in [6, 6.07) is 11.6. The third-order valence-electron chi connectivity index (χ3n) is 3.97. The minimum Gasteiger partial charge on any atom is -0.505 e. The number of nitrogens with zero attached hydrogens (tertiary/aromatic N) is 1. The summed E-state index contributed by atoms with van der Waals surface area (Å²) in [7, 11) is 1.21. The molecule has 0 saturated carbocycles. The number of nitrogens with one attached hydrogen (secondary N) is 1. The number of phenols is 1. The number of carbonyl (C=O) groups excluding carboxylic acids is 2. The summed E-state index contributed by atoms with van der Waals surface area (Å²) in [6.45, 7) is 0. The van der Waals surface area contributed by atoms with Gasteiger partial charge in [-0.3, -0.25) is 4.79 Å². The molecule has 0 bridgehead atoms. The van der Waals surface area contributed by atoms with Crippen LogP contribution in [0.2, 0.25) is 5.02 Å². The van der Waals surface area contributed by atoms with Crippen LogP contribution in [0.3, 0.4) is 0 Å². The van der Waals surface area contributed by atoms with Gasteiger partial charge in [-0.25, -0.2) is 9.78 Å². The van der Waals surface area contributed by atoms with Gasteiger partial charge in [0.2, 0.25) is 5.91 Å². The molecule has 28 heavy (non-hydrogen) atoms. The molecule has 0 aliphatic heterocycles. The van der Waals surface area contributed by atoms with Crippen LogP contribution in [0, 0.1) is 0 Å².